The molecule has 0 aromatic heterocycles. The van der Waals surface area contributed by atoms with Gasteiger partial charge < -0.3 is 10.2 Å². The Labute approximate surface area is 164 Å². The minimum atomic E-state index is 0.183. The lowest BCUT2D eigenvalue weighted by Gasteiger charge is -2.43. The first kappa shape index (κ1) is 19.8. The van der Waals surface area contributed by atoms with Crippen molar-refractivity contribution in [1.82, 2.24) is 0 Å². The average Bonchev–Trinajstić information content (AvgIpc) is 2.69. The van der Waals surface area contributed by atoms with Gasteiger partial charge in [-0.25, -0.2) is 0 Å². The lowest BCUT2D eigenvalue weighted by atomic mass is 9.62. The summed E-state index contributed by atoms with van der Waals surface area (Å²) in [7, 11) is 0. The van der Waals surface area contributed by atoms with E-state index in [0.717, 1.165) is 0 Å². The van der Waals surface area contributed by atoms with E-state index in [2.05, 4.69) is 38.1 Å². The predicted octanol–water partition coefficient (Wildman–Crippen LogP) is 6.91. The van der Waals surface area contributed by atoms with Crippen molar-refractivity contribution in [3.05, 3.63) is 59.7 Å². The molecule has 1 atom stereocenters. The van der Waals surface area contributed by atoms with Gasteiger partial charge in [-0.3, -0.25) is 0 Å². The van der Waals surface area contributed by atoms with Crippen LogP contribution in [0.2, 0.25) is 0 Å². The minimum absolute atomic E-state index is 0.183. The molecule has 1 saturated carbocycles. The third-order valence-corrected chi connectivity index (χ3v) is 6.82. The van der Waals surface area contributed by atoms with Crippen molar-refractivity contribution in [3.8, 4) is 11.5 Å². The Morgan fingerprint density at radius 1 is 0.815 bits per heavy atom. The smallest absolute Gasteiger partial charge is 0.115 e. The normalized spacial score (nSPS) is 22.3. The Bertz CT molecular complexity index is 696. The van der Waals surface area contributed by atoms with Crippen molar-refractivity contribution in [2.75, 3.05) is 0 Å². The summed E-state index contributed by atoms with van der Waals surface area (Å²) in [5.41, 5.74) is 2.93. The molecule has 0 saturated heterocycles. The molecule has 2 aromatic carbocycles. The molecule has 0 spiro atoms. The van der Waals surface area contributed by atoms with Crippen molar-refractivity contribution in [2.45, 2.75) is 76.5 Å². The highest BCUT2D eigenvalue weighted by atomic mass is 16.3. The summed E-state index contributed by atoms with van der Waals surface area (Å²) in [6.45, 7) is 4.71. The average molecular weight is 367 g/mol. The molecule has 1 fully saturated rings. The Balaban J connectivity index is 1.73. The molecule has 0 bridgehead atoms. The van der Waals surface area contributed by atoms with Crippen LogP contribution in [0, 0.1) is 5.92 Å². The SMILES string of the molecule is CCCCCC(C)(c1ccc(O)cc1)C1CCC(c2ccc(O)cc2)CC1. The summed E-state index contributed by atoms with van der Waals surface area (Å²) in [6, 6.07) is 15.7. The Hall–Kier alpha value is -1.96. The topological polar surface area (TPSA) is 40.5 Å². The van der Waals surface area contributed by atoms with Crippen molar-refractivity contribution >= 4 is 0 Å². The predicted molar refractivity (Wildman–Crippen MR) is 112 cm³/mol. The zero-order valence-electron chi connectivity index (χ0n) is 16.8. The second-order valence-electron chi connectivity index (χ2n) is 8.56. The van der Waals surface area contributed by atoms with Gasteiger partial charge in [-0.1, -0.05) is 57.4 Å². The molecule has 1 unspecified atom stereocenters. The summed E-state index contributed by atoms with van der Waals surface area (Å²) < 4.78 is 0. The third kappa shape index (κ3) is 4.66. The Morgan fingerprint density at radius 3 is 1.93 bits per heavy atom. The van der Waals surface area contributed by atoms with E-state index in [1.54, 1.807) is 0 Å². The third-order valence-electron chi connectivity index (χ3n) is 6.82. The molecular weight excluding hydrogens is 332 g/mol. The number of hydrogen-bond donors (Lipinski definition) is 2. The highest BCUT2D eigenvalue weighted by Gasteiger charge is 2.37. The van der Waals surface area contributed by atoms with E-state index in [1.807, 2.05) is 24.3 Å². The van der Waals surface area contributed by atoms with Crippen molar-refractivity contribution < 1.29 is 10.2 Å². The van der Waals surface area contributed by atoms with E-state index >= 15 is 0 Å². The molecule has 1 aliphatic carbocycles. The van der Waals surface area contributed by atoms with E-state index in [1.165, 1.54) is 62.5 Å². The van der Waals surface area contributed by atoms with E-state index in [9.17, 15) is 10.2 Å². The van der Waals surface area contributed by atoms with E-state index in [0.29, 0.717) is 23.3 Å². The van der Waals surface area contributed by atoms with Crippen LogP contribution in [-0.2, 0) is 5.41 Å². The maximum atomic E-state index is 9.71. The second kappa shape index (κ2) is 8.82. The zero-order chi connectivity index (χ0) is 19.3. The molecule has 0 heterocycles. The largest absolute Gasteiger partial charge is 0.508 e. The van der Waals surface area contributed by atoms with Gasteiger partial charge in [-0.05, 0) is 84.7 Å². The monoisotopic (exact) mass is 366 g/mol. The zero-order valence-corrected chi connectivity index (χ0v) is 16.8. The molecule has 2 nitrogen and oxygen atoms in total. The first-order valence-corrected chi connectivity index (χ1v) is 10.6. The Kier molecular flexibility index (Phi) is 6.46. The standard InChI is InChI=1S/C25H34O2/c1-3-4-5-18-25(2,22-12-16-24(27)17-13-22)21-10-6-19(7-11-21)20-8-14-23(26)15-9-20/h8-9,12-17,19,21,26-27H,3-7,10-11,18H2,1-2H3. The van der Waals surface area contributed by atoms with Crippen LogP contribution < -0.4 is 0 Å². The van der Waals surface area contributed by atoms with Crippen molar-refractivity contribution in [1.29, 1.82) is 0 Å². The van der Waals surface area contributed by atoms with Gasteiger partial charge in [0, 0.05) is 0 Å². The number of phenols is 2. The maximum Gasteiger partial charge on any atom is 0.115 e. The molecule has 1 aliphatic rings. The molecular formula is C25H34O2. The fourth-order valence-electron chi connectivity index (χ4n) is 4.98. The molecule has 2 heteroatoms. The number of hydrogen-bond acceptors (Lipinski definition) is 2. The number of unbranched alkanes of at least 4 members (excludes halogenated alkanes) is 2. The molecule has 2 N–H and O–H groups in total. The lowest BCUT2D eigenvalue weighted by molar-refractivity contribution is 0.190. The molecule has 27 heavy (non-hydrogen) atoms. The fourth-order valence-corrected chi connectivity index (χ4v) is 4.98. The van der Waals surface area contributed by atoms with E-state index in [-0.39, 0.29) is 5.41 Å². The summed E-state index contributed by atoms with van der Waals surface area (Å²) in [5, 5.41) is 19.2. The lowest BCUT2D eigenvalue weighted by Crippen LogP contribution is -2.34. The number of rotatable bonds is 7. The molecule has 146 valence electrons. The molecule has 0 radical (unpaired) electrons. The minimum Gasteiger partial charge on any atom is -0.508 e. The van der Waals surface area contributed by atoms with Crippen LogP contribution in [0.3, 0.4) is 0 Å². The fraction of sp³-hybridized carbons (Fsp3) is 0.520. The van der Waals surface area contributed by atoms with Crippen molar-refractivity contribution in [3.63, 3.8) is 0 Å². The molecule has 2 aromatic rings. The highest BCUT2D eigenvalue weighted by molar-refractivity contribution is 5.33. The van der Waals surface area contributed by atoms with Gasteiger partial charge in [0.25, 0.3) is 0 Å². The van der Waals surface area contributed by atoms with Crippen LogP contribution in [0.25, 0.3) is 0 Å². The van der Waals surface area contributed by atoms with Gasteiger partial charge in [0.2, 0.25) is 0 Å². The first-order chi connectivity index (χ1) is 13.0. The maximum absolute atomic E-state index is 9.71. The first-order valence-electron chi connectivity index (χ1n) is 10.6. The second-order valence-corrected chi connectivity index (χ2v) is 8.56. The van der Waals surface area contributed by atoms with Gasteiger partial charge >= 0.3 is 0 Å². The molecule has 3 rings (SSSR count). The van der Waals surface area contributed by atoms with E-state index < -0.39 is 0 Å². The Morgan fingerprint density at radius 2 is 1.37 bits per heavy atom. The quantitative estimate of drug-likeness (QED) is 0.523. The van der Waals surface area contributed by atoms with Crippen LogP contribution in [0.1, 0.15) is 82.3 Å². The van der Waals surface area contributed by atoms with E-state index in [4.69, 9.17) is 0 Å². The summed E-state index contributed by atoms with van der Waals surface area (Å²) >= 11 is 0. The van der Waals surface area contributed by atoms with Crippen LogP contribution in [-0.4, -0.2) is 10.2 Å². The van der Waals surface area contributed by atoms with Gasteiger partial charge in [-0.15, -0.1) is 0 Å². The van der Waals surface area contributed by atoms with Crippen LogP contribution in [0.5, 0.6) is 11.5 Å². The summed E-state index contributed by atoms with van der Waals surface area (Å²) in [6.07, 6.45) is 9.96. The number of phenolic OH excluding ortho intramolecular Hbond substituents is 2. The van der Waals surface area contributed by atoms with Gasteiger partial charge in [0.1, 0.15) is 11.5 Å². The van der Waals surface area contributed by atoms with Gasteiger partial charge in [-0.2, -0.15) is 0 Å². The summed E-state index contributed by atoms with van der Waals surface area (Å²) in [5.74, 6) is 2.00. The van der Waals surface area contributed by atoms with Gasteiger partial charge in [0.05, 0.1) is 0 Å². The van der Waals surface area contributed by atoms with Crippen molar-refractivity contribution in [2.24, 2.45) is 5.92 Å². The molecule has 0 aliphatic heterocycles. The van der Waals surface area contributed by atoms with Crippen LogP contribution >= 0.6 is 0 Å². The summed E-state index contributed by atoms with van der Waals surface area (Å²) in [4.78, 5) is 0. The van der Waals surface area contributed by atoms with Crippen LogP contribution in [0.15, 0.2) is 48.5 Å². The highest BCUT2D eigenvalue weighted by Crippen LogP contribution is 2.47. The number of aromatic hydroxyl groups is 2. The van der Waals surface area contributed by atoms with Crippen LogP contribution in [0.4, 0.5) is 0 Å². The molecule has 0 amide bonds. The van der Waals surface area contributed by atoms with Gasteiger partial charge in [0.15, 0.2) is 0 Å². The number of benzene rings is 2.